The molecule has 37 heavy (non-hydrogen) atoms. The van der Waals surface area contributed by atoms with Gasteiger partial charge in [-0.05, 0) is 31.4 Å². The van der Waals surface area contributed by atoms with Crippen LogP contribution in [0.5, 0.6) is 0 Å². The van der Waals surface area contributed by atoms with E-state index in [1.54, 1.807) is 41.3 Å². The lowest BCUT2D eigenvalue weighted by molar-refractivity contribution is -0.154. The largest absolute Gasteiger partial charge is 0.465 e. The van der Waals surface area contributed by atoms with Gasteiger partial charge in [0, 0.05) is 16.6 Å². The monoisotopic (exact) mass is 610 g/mol. The lowest BCUT2D eigenvalue weighted by atomic mass is 9.71. The molecule has 3 saturated heterocycles. The highest BCUT2D eigenvalue weighted by atomic mass is 79.9. The fourth-order valence-corrected chi connectivity index (χ4v) is 9.84. The molecule has 200 valence electrons. The van der Waals surface area contributed by atoms with E-state index in [1.165, 1.54) is 16.7 Å². The molecule has 7 nitrogen and oxygen atoms in total. The normalized spacial score (nSPS) is 30.6. The number of rotatable bonds is 11. The molecule has 1 spiro atoms. The summed E-state index contributed by atoms with van der Waals surface area (Å²) in [6.07, 6.45) is 4.80. The standard InChI is InChI=1S/C27H32BrClN2O5S/c1-4-7-13-36-26(35)20-21-24(33)31(16(6-3)15-32)23(27(21)14-17(28)22(20)37-27)25(34)30(12-5-2)19-11-9-8-10-18(19)29/h4-5,8-11,16-17,20-23,32H,1-2,6-7,12-15H2,3H3/t16-,17?,20-,21-,22-,23?,27?/m0/s1. The first-order valence-electron chi connectivity index (χ1n) is 12.5. The molecule has 0 radical (unpaired) electrons. The molecule has 7 atom stereocenters. The number of carbonyl (C=O) groups is 3. The number of nitrogens with zero attached hydrogens (tertiary/aromatic N) is 2. The van der Waals surface area contributed by atoms with Crippen LogP contribution in [-0.2, 0) is 19.1 Å². The van der Waals surface area contributed by atoms with E-state index in [0.29, 0.717) is 30.0 Å². The van der Waals surface area contributed by atoms with Gasteiger partial charge in [0.25, 0.3) is 5.91 Å². The van der Waals surface area contributed by atoms with Crippen LogP contribution in [0.15, 0.2) is 49.6 Å². The molecule has 3 aliphatic rings. The zero-order chi connectivity index (χ0) is 26.9. The quantitative estimate of drug-likeness (QED) is 0.175. The molecule has 4 rings (SSSR count). The predicted molar refractivity (Wildman–Crippen MR) is 150 cm³/mol. The highest BCUT2D eigenvalue weighted by Crippen LogP contribution is 2.68. The number of benzene rings is 1. The zero-order valence-corrected chi connectivity index (χ0v) is 23.9. The molecule has 2 amide bonds. The van der Waals surface area contributed by atoms with Crippen molar-refractivity contribution >= 4 is 62.8 Å². The number of aliphatic hydroxyl groups is 1. The summed E-state index contributed by atoms with van der Waals surface area (Å²) < 4.78 is 4.70. The molecule has 3 heterocycles. The summed E-state index contributed by atoms with van der Waals surface area (Å²) in [7, 11) is 0. The highest BCUT2D eigenvalue weighted by molar-refractivity contribution is 9.09. The van der Waals surface area contributed by atoms with Gasteiger partial charge in [-0.2, -0.15) is 0 Å². The zero-order valence-electron chi connectivity index (χ0n) is 20.7. The Bertz CT molecular complexity index is 1080. The van der Waals surface area contributed by atoms with E-state index in [-0.39, 0.29) is 41.6 Å². The van der Waals surface area contributed by atoms with Gasteiger partial charge in [-0.3, -0.25) is 14.4 Å². The van der Waals surface area contributed by atoms with Crippen molar-refractivity contribution in [3.05, 3.63) is 54.6 Å². The van der Waals surface area contributed by atoms with Crippen LogP contribution < -0.4 is 4.90 Å². The van der Waals surface area contributed by atoms with Crippen LogP contribution in [0.3, 0.4) is 0 Å². The van der Waals surface area contributed by atoms with Gasteiger partial charge in [0.15, 0.2) is 0 Å². The molecule has 1 aromatic rings. The SMILES string of the molecule is C=CCCOC(=O)[C@H]1[C@H]2C(=O)N([C@@H](CC)CO)C(C(=O)N(CC=C)c3ccccc3Cl)C23CC(Br)[C@@H]1S3. The molecule has 1 N–H and O–H groups in total. The van der Waals surface area contributed by atoms with E-state index in [2.05, 4.69) is 29.1 Å². The third-order valence-electron chi connectivity index (χ3n) is 7.60. The number of aliphatic hydroxyl groups excluding tert-OH is 1. The molecule has 3 unspecified atom stereocenters. The van der Waals surface area contributed by atoms with Crippen molar-refractivity contribution in [1.82, 2.24) is 4.90 Å². The third kappa shape index (κ3) is 4.66. The number of halogens is 2. The minimum absolute atomic E-state index is 0.0730. The van der Waals surface area contributed by atoms with Crippen LogP contribution in [0, 0.1) is 11.8 Å². The van der Waals surface area contributed by atoms with Crippen LogP contribution >= 0.6 is 39.3 Å². The average molecular weight is 612 g/mol. The number of hydrogen-bond acceptors (Lipinski definition) is 6. The smallest absolute Gasteiger partial charge is 0.310 e. The molecule has 3 fully saturated rings. The Morgan fingerprint density at radius 1 is 1.38 bits per heavy atom. The first-order valence-corrected chi connectivity index (χ1v) is 14.6. The number of esters is 1. The number of ether oxygens (including phenoxy) is 1. The highest BCUT2D eigenvalue weighted by Gasteiger charge is 2.76. The van der Waals surface area contributed by atoms with Crippen molar-refractivity contribution < 1.29 is 24.2 Å². The molecule has 1 aromatic carbocycles. The second-order valence-corrected chi connectivity index (χ2v) is 12.7. The summed E-state index contributed by atoms with van der Waals surface area (Å²) in [6, 6.07) is 5.60. The van der Waals surface area contributed by atoms with Gasteiger partial charge in [-0.25, -0.2) is 0 Å². The molecule has 0 aromatic heterocycles. The van der Waals surface area contributed by atoms with Crippen LogP contribution in [0.25, 0.3) is 0 Å². The molecular formula is C27H32BrClN2O5S. The van der Waals surface area contributed by atoms with Crippen molar-refractivity contribution in [1.29, 1.82) is 0 Å². The number of likely N-dealkylation sites (tertiary alicyclic amines) is 1. The van der Waals surface area contributed by atoms with Crippen molar-refractivity contribution in [3.8, 4) is 0 Å². The Hall–Kier alpha value is -1.81. The summed E-state index contributed by atoms with van der Waals surface area (Å²) in [5.74, 6) is -2.42. The van der Waals surface area contributed by atoms with Gasteiger partial charge in [0.05, 0.1) is 46.5 Å². The Balaban J connectivity index is 1.81. The van der Waals surface area contributed by atoms with E-state index >= 15 is 0 Å². The summed E-state index contributed by atoms with van der Waals surface area (Å²) in [4.78, 5) is 44.9. The number of thioether (sulfide) groups is 1. The number of hydrogen-bond donors (Lipinski definition) is 1. The minimum atomic E-state index is -0.889. The Morgan fingerprint density at radius 3 is 2.73 bits per heavy atom. The molecule has 2 bridgehead atoms. The predicted octanol–water partition coefficient (Wildman–Crippen LogP) is 4.21. The Morgan fingerprint density at radius 2 is 2.11 bits per heavy atom. The Kier molecular flexibility index (Phi) is 8.78. The second kappa shape index (κ2) is 11.5. The van der Waals surface area contributed by atoms with E-state index in [9.17, 15) is 19.5 Å². The maximum absolute atomic E-state index is 14.5. The maximum atomic E-state index is 14.5. The summed E-state index contributed by atoms with van der Waals surface area (Å²) in [6.45, 7) is 9.45. The van der Waals surface area contributed by atoms with Crippen LogP contribution in [0.4, 0.5) is 5.69 Å². The number of carbonyl (C=O) groups excluding carboxylic acids is 3. The number of anilines is 1. The number of para-hydroxylation sites is 1. The van der Waals surface area contributed by atoms with Gasteiger partial charge >= 0.3 is 5.97 Å². The lowest BCUT2D eigenvalue weighted by Crippen LogP contribution is -2.58. The third-order valence-corrected chi connectivity index (χ3v) is 11.1. The van der Waals surface area contributed by atoms with Crippen LogP contribution in [-0.4, -0.2) is 74.5 Å². The number of amides is 2. The van der Waals surface area contributed by atoms with E-state index in [1.807, 2.05) is 6.92 Å². The lowest BCUT2D eigenvalue weighted by Gasteiger charge is -2.39. The molecule has 10 heteroatoms. The van der Waals surface area contributed by atoms with Gasteiger partial charge in [0.2, 0.25) is 5.91 Å². The van der Waals surface area contributed by atoms with Crippen molar-refractivity contribution in [2.45, 2.75) is 53.1 Å². The molecule has 0 aliphatic carbocycles. The second-order valence-electron chi connectivity index (χ2n) is 9.59. The van der Waals surface area contributed by atoms with E-state index in [4.69, 9.17) is 16.3 Å². The van der Waals surface area contributed by atoms with E-state index < -0.39 is 34.6 Å². The van der Waals surface area contributed by atoms with Crippen LogP contribution in [0.2, 0.25) is 5.02 Å². The molecular weight excluding hydrogens is 580 g/mol. The number of alkyl halides is 1. The summed E-state index contributed by atoms with van der Waals surface area (Å²) in [5, 5.41) is 10.4. The minimum Gasteiger partial charge on any atom is -0.465 e. The fourth-order valence-electron chi connectivity index (χ4n) is 6.02. The average Bonchev–Trinajstić information content (AvgIpc) is 3.47. The van der Waals surface area contributed by atoms with Crippen molar-refractivity contribution in [2.24, 2.45) is 11.8 Å². The first-order chi connectivity index (χ1) is 17.8. The van der Waals surface area contributed by atoms with Crippen molar-refractivity contribution in [3.63, 3.8) is 0 Å². The van der Waals surface area contributed by atoms with Gasteiger partial charge in [-0.1, -0.05) is 58.7 Å². The Labute approximate surface area is 235 Å². The number of fused-ring (bicyclic) bond motifs is 1. The van der Waals surface area contributed by atoms with Gasteiger partial charge < -0.3 is 19.6 Å². The van der Waals surface area contributed by atoms with E-state index in [0.717, 1.165) is 0 Å². The molecule has 0 saturated carbocycles. The van der Waals surface area contributed by atoms with Crippen molar-refractivity contribution in [2.75, 3.05) is 24.7 Å². The van der Waals surface area contributed by atoms with Gasteiger partial charge in [0.1, 0.15) is 6.04 Å². The van der Waals surface area contributed by atoms with Gasteiger partial charge in [-0.15, -0.1) is 24.9 Å². The summed E-state index contributed by atoms with van der Waals surface area (Å²) >= 11 is 11.8. The fraction of sp³-hybridized carbons (Fsp3) is 0.519. The van der Waals surface area contributed by atoms with Crippen LogP contribution in [0.1, 0.15) is 26.2 Å². The topological polar surface area (TPSA) is 87.1 Å². The first kappa shape index (κ1) is 28.2. The molecule has 3 aliphatic heterocycles. The summed E-state index contributed by atoms with van der Waals surface area (Å²) in [5.41, 5.74) is 0.520. The maximum Gasteiger partial charge on any atom is 0.310 e.